The smallest absolute Gasteiger partial charge is 0.181 e. The summed E-state index contributed by atoms with van der Waals surface area (Å²) in [4.78, 5) is 18.4. The van der Waals surface area contributed by atoms with E-state index in [4.69, 9.17) is 0 Å². The van der Waals surface area contributed by atoms with E-state index in [1.165, 1.54) is 6.42 Å². The highest BCUT2D eigenvalue weighted by atomic mass is 16.1. The lowest BCUT2D eigenvalue weighted by Crippen LogP contribution is -2.47. The van der Waals surface area contributed by atoms with Crippen LogP contribution in [0.4, 0.5) is 0 Å². The second-order valence-corrected chi connectivity index (χ2v) is 6.69. The lowest BCUT2D eigenvalue weighted by Gasteiger charge is -2.38. The molecule has 1 fully saturated rings. The zero-order chi connectivity index (χ0) is 15.0. The molecule has 0 spiro atoms. The molecule has 3 rings (SSSR count). The Kier molecular flexibility index (Phi) is 3.85. The number of aromatic amines is 1. The van der Waals surface area contributed by atoms with Crippen LogP contribution in [-0.2, 0) is 0 Å². The van der Waals surface area contributed by atoms with Crippen LogP contribution >= 0.6 is 0 Å². The SMILES string of the molecule is CC1CC(C)CN(C(C)C(=O)c2c[nH]c3ccccc23)C1. The summed E-state index contributed by atoms with van der Waals surface area (Å²) in [7, 11) is 0. The van der Waals surface area contributed by atoms with Crippen molar-refractivity contribution in [2.75, 3.05) is 13.1 Å². The Labute approximate surface area is 126 Å². The van der Waals surface area contributed by atoms with Gasteiger partial charge in [0.05, 0.1) is 6.04 Å². The number of H-pyrrole nitrogens is 1. The monoisotopic (exact) mass is 284 g/mol. The van der Waals surface area contributed by atoms with Gasteiger partial charge in [0.2, 0.25) is 0 Å². The lowest BCUT2D eigenvalue weighted by molar-refractivity contribution is 0.0688. The number of ketones is 1. The molecule has 1 aromatic heterocycles. The van der Waals surface area contributed by atoms with Crippen molar-refractivity contribution in [2.45, 2.75) is 33.2 Å². The number of Topliss-reactive ketones (excluding diaryl/α,β-unsaturated/α-hetero) is 1. The molecule has 0 radical (unpaired) electrons. The van der Waals surface area contributed by atoms with E-state index in [1.54, 1.807) is 0 Å². The van der Waals surface area contributed by atoms with Gasteiger partial charge < -0.3 is 4.98 Å². The summed E-state index contributed by atoms with van der Waals surface area (Å²) in [6.07, 6.45) is 3.13. The number of hydrogen-bond donors (Lipinski definition) is 1. The van der Waals surface area contributed by atoms with E-state index in [2.05, 4.69) is 30.7 Å². The van der Waals surface area contributed by atoms with Crippen molar-refractivity contribution in [1.82, 2.24) is 9.88 Å². The molecule has 1 aliphatic rings. The Morgan fingerprint density at radius 3 is 2.62 bits per heavy atom. The van der Waals surface area contributed by atoms with Gasteiger partial charge in [0.25, 0.3) is 0 Å². The maximum atomic E-state index is 12.9. The van der Waals surface area contributed by atoms with Crippen molar-refractivity contribution in [2.24, 2.45) is 11.8 Å². The minimum absolute atomic E-state index is 0.0468. The summed E-state index contributed by atoms with van der Waals surface area (Å²) >= 11 is 0. The molecule has 0 aliphatic carbocycles. The number of para-hydroxylation sites is 1. The summed E-state index contributed by atoms with van der Waals surface area (Å²) in [5.41, 5.74) is 1.86. The van der Waals surface area contributed by atoms with E-state index in [0.29, 0.717) is 11.8 Å². The van der Waals surface area contributed by atoms with Crippen LogP contribution in [0, 0.1) is 11.8 Å². The van der Waals surface area contributed by atoms with Crippen LogP contribution in [0.25, 0.3) is 10.9 Å². The van der Waals surface area contributed by atoms with Crippen molar-refractivity contribution in [3.8, 4) is 0 Å². The number of aromatic nitrogens is 1. The van der Waals surface area contributed by atoms with Crippen LogP contribution in [0.2, 0.25) is 0 Å². The Morgan fingerprint density at radius 2 is 1.90 bits per heavy atom. The van der Waals surface area contributed by atoms with Crippen LogP contribution < -0.4 is 0 Å². The number of nitrogens with one attached hydrogen (secondary N) is 1. The summed E-state index contributed by atoms with van der Waals surface area (Å²) < 4.78 is 0. The van der Waals surface area contributed by atoms with Gasteiger partial charge in [0.15, 0.2) is 5.78 Å². The predicted octanol–water partition coefficient (Wildman–Crippen LogP) is 3.72. The number of rotatable bonds is 3. The summed E-state index contributed by atoms with van der Waals surface area (Å²) in [6, 6.07) is 7.97. The second-order valence-electron chi connectivity index (χ2n) is 6.69. The average molecular weight is 284 g/mol. The molecule has 2 aromatic rings. The van der Waals surface area contributed by atoms with Crippen molar-refractivity contribution >= 4 is 16.7 Å². The van der Waals surface area contributed by atoms with Gasteiger partial charge in [0.1, 0.15) is 0 Å². The van der Waals surface area contributed by atoms with E-state index in [9.17, 15) is 4.79 Å². The maximum Gasteiger partial charge on any atom is 0.181 e. The molecule has 1 aliphatic heterocycles. The number of nitrogens with zero attached hydrogens (tertiary/aromatic N) is 1. The molecule has 112 valence electrons. The summed E-state index contributed by atoms with van der Waals surface area (Å²) in [6.45, 7) is 8.67. The number of carbonyl (C=O) groups is 1. The molecule has 3 nitrogen and oxygen atoms in total. The average Bonchev–Trinajstić information content (AvgIpc) is 2.88. The summed E-state index contributed by atoms with van der Waals surface area (Å²) in [5.74, 6) is 1.58. The molecule has 1 aromatic carbocycles. The van der Waals surface area contributed by atoms with E-state index in [1.807, 2.05) is 30.5 Å². The molecule has 0 amide bonds. The van der Waals surface area contributed by atoms with Crippen molar-refractivity contribution < 1.29 is 4.79 Å². The molecule has 3 atom stereocenters. The summed E-state index contributed by atoms with van der Waals surface area (Å²) in [5, 5.41) is 1.03. The third-order valence-electron chi connectivity index (χ3n) is 4.68. The normalized spacial score (nSPS) is 25.1. The van der Waals surface area contributed by atoms with Gasteiger partial charge in [-0.1, -0.05) is 32.0 Å². The number of likely N-dealkylation sites (tertiary alicyclic amines) is 1. The third-order valence-corrected chi connectivity index (χ3v) is 4.68. The molecule has 21 heavy (non-hydrogen) atoms. The van der Waals surface area contributed by atoms with Gasteiger partial charge in [-0.25, -0.2) is 0 Å². The van der Waals surface area contributed by atoms with Crippen LogP contribution in [-0.4, -0.2) is 34.8 Å². The Bertz CT molecular complexity index is 635. The standard InChI is InChI=1S/C18H24N2O/c1-12-8-13(2)11-20(10-12)14(3)18(21)16-9-19-17-7-5-4-6-15(16)17/h4-7,9,12-14,19H,8,10-11H2,1-3H3. The number of piperidine rings is 1. The van der Waals surface area contributed by atoms with Crippen molar-refractivity contribution in [1.29, 1.82) is 0 Å². The highest BCUT2D eigenvalue weighted by molar-refractivity contribution is 6.10. The number of fused-ring (bicyclic) bond motifs is 1. The van der Waals surface area contributed by atoms with Gasteiger partial charge in [-0.05, 0) is 31.2 Å². The van der Waals surface area contributed by atoms with E-state index in [-0.39, 0.29) is 11.8 Å². The molecule has 2 heterocycles. The quantitative estimate of drug-likeness (QED) is 0.872. The minimum Gasteiger partial charge on any atom is -0.360 e. The van der Waals surface area contributed by atoms with Crippen molar-refractivity contribution in [3.05, 3.63) is 36.0 Å². The molecule has 0 saturated carbocycles. The molecule has 3 heteroatoms. The van der Waals surface area contributed by atoms with E-state index < -0.39 is 0 Å². The Morgan fingerprint density at radius 1 is 1.24 bits per heavy atom. The van der Waals surface area contributed by atoms with E-state index >= 15 is 0 Å². The Balaban J connectivity index is 1.84. The fraction of sp³-hybridized carbons (Fsp3) is 0.500. The Hall–Kier alpha value is -1.61. The molecular weight excluding hydrogens is 260 g/mol. The predicted molar refractivity (Wildman–Crippen MR) is 86.6 cm³/mol. The van der Waals surface area contributed by atoms with Crippen LogP contribution in [0.3, 0.4) is 0 Å². The first-order valence-corrected chi connectivity index (χ1v) is 7.90. The number of benzene rings is 1. The van der Waals surface area contributed by atoms with Crippen LogP contribution in [0.15, 0.2) is 30.5 Å². The highest BCUT2D eigenvalue weighted by Gasteiger charge is 2.30. The first-order chi connectivity index (χ1) is 10.1. The molecule has 0 bridgehead atoms. The van der Waals surface area contributed by atoms with Gasteiger partial charge in [-0.2, -0.15) is 0 Å². The zero-order valence-corrected chi connectivity index (χ0v) is 13.1. The molecular formula is C18H24N2O. The van der Waals surface area contributed by atoms with Gasteiger partial charge in [-0.15, -0.1) is 0 Å². The fourth-order valence-corrected chi connectivity index (χ4v) is 3.69. The topological polar surface area (TPSA) is 36.1 Å². The van der Waals surface area contributed by atoms with Crippen LogP contribution in [0.5, 0.6) is 0 Å². The van der Waals surface area contributed by atoms with Gasteiger partial charge in [0, 0.05) is 35.8 Å². The van der Waals surface area contributed by atoms with Gasteiger partial charge >= 0.3 is 0 Å². The highest BCUT2D eigenvalue weighted by Crippen LogP contribution is 2.25. The molecule has 1 saturated heterocycles. The molecule has 1 N–H and O–H groups in total. The molecule has 3 unspecified atom stereocenters. The van der Waals surface area contributed by atoms with Crippen molar-refractivity contribution in [3.63, 3.8) is 0 Å². The third kappa shape index (κ3) is 2.75. The first-order valence-electron chi connectivity index (χ1n) is 7.90. The largest absolute Gasteiger partial charge is 0.360 e. The van der Waals surface area contributed by atoms with Crippen LogP contribution in [0.1, 0.15) is 37.6 Å². The fourth-order valence-electron chi connectivity index (χ4n) is 3.69. The van der Waals surface area contributed by atoms with Gasteiger partial charge in [-0.3, -0.25) is 9.69 Å². The second kappa shape index (κ2) is 5.64. The zero-order valence-electron chi connectivity index (χ0n) is 13.1. The maximum absolute atomic E-state index is 12.9. The number of hydrogen-bond acceptors (Lipinski definition) is 2. The minimum atomic E-state index is -0.0468. The first kappa shape index (κ1) is 14.3. The lowest BCUT2D eigenvalue weighted by atomic mass is 9.90. The van der Waals surface area contributed by atoms with E-state index in [0.717, 1.165) is 29.6 Å². The number of carbonyl (C=O) groups excluding carboxylic acids is 1.